The van der Waals surface area contributed by atoms with E-state index in [4.69, 9.17) is 16.3 Å². The minimum absolute atomic E-state index is 0.126. The Morgan fingerprint density at radius 1 is 1.50 bits per heavy atom. The van der Waals surface area contributed by atoms with E-state index in [0.717, 1.165) is 10.2 Å². The number of methoxy groups -OCH3 is 1. The number of nitrogens with zero attached hydrogens (tertiary/aromatic N) is 2. The van der Waals surface area contributed by atoms with Gasteiger partial charge in [0, 0.05) is 12.5 Å². The number of thiophene rings is 1. The van der Waals surface area contributed by atoms with Crippen molar-refractivity contribution in [2.45, 2.75) is 13.0 Å². The van der Waals surface area contributed by atoms with E-state index in [-0.39, 0.29) is 6.10 Å². The lowest BCUT2D eigenvalue weighted by molar-refractivity contribution is 0.112. The Morgan fingerprint density at radius 3 is 3.00 bits per heavy atom. The second kappa shape index (κ2) is 3.81. The molecule has 0 aliphatic carbocycles. The molecule has 2 aromatic heterocycles. The van der Waals surface area contributed by atoms with Crippen molar-refractivity contribution in [3.05, 3.63) is 22.4 Å². The van der Waals surface area contributed by atoms with Gasteiger partial charge in [0.2, 0.25) is 0 Å². The van der Waals surface area contributed by atoms with Crippen molar-refractivity contribution in [2.24, 2.45) is 0 Å². The van der Waals surface area contributed by atoms with E-state index in [0.29, 0.717) is 11.0 Å². The summed E-state index contributed by atoms with van der Waals surface area (Å²) in [7, 11) is 1.63. The third-order valence-electron chi connectivity index (χ3n) is 2.01. The molecule has 74 valence electrons. The minimum atomic E-state index is -0.126. The summed E-state index contributed by atoms with van der Waals surface area (Å²) in [6, 6.07) is 1.92. The first-order chi connectivity index (χ1) is 6.72. The van der Waals surface area contributed by atoms with Gasteiger partial charge in [0.15, 0.2) is 5.82 Å². The first-order valence-corrected chi connectivity index (χ1v) is 5.41. The summed E-state index contributed by atoms with van der Waals surface area (Å²) in [6.07, 6.45) is -0.126. The zero-order chi connectivity index (χ0) is 10.1. The van der Waals surface area contributed by atoms with Crippen LogP contribution in [0, 0.1) is 0 Å². The second-order valence-electron chi connectivity index (χ2n) is 2.89. The van der Waals surface area contributed by atoms with Crippen LogP contribution in [0.3, 0.4) is 0 Å². The third kappa shape index (κ3) is 1.61. The molecule has 0 aromatic carbocycles. The van der Waals surface area contributed by atoms with Crippen LogP contribution >= 0.6 is 22.9 Å². The molecule has 0 spiro atoms. The number of hydrogen-bond donors (Lipinski definition) is 0. The first-order valence-electron chi connectivity index (χ1n) is 4.16. The molecule has 0 aliphatic rings. The van der Waals surface area contributed by atoms with Gasteiger partial charge in [-0.05, 0) is 18.4 Å². The third-order valence-corrected chi connectivity index (χ3v) is 3.11. The number of hydrogen-bond acceptors (Lipinski definition) is 4. The van der Waals surface area contributed by atoms with E-state index in [1.165, 1.54) is 0 Å². The summed E-state index contributed by atoms with van der Waals surface area (Å²) < 4.78 is 5.14. The number of fused-ring (bicyclic) bond motifs is 1. The average molecular weight is 229 g/mol. The van der Waals surface area contributed by atoms with E-state index < -0.39 is 0 Å². The molecule has 2 heterocycles. The fourth-order valence-electron chi connectivity index (χ4n) is 1.12. The van der Waals surface area contributed by atoms with Crippen molar-refractivity contribution in [3.63, 3.8) is 0 Å². The van der Waals surface area contributed by atoms with Crippen molar-refractivity contribution in [3.8, 4) is 0 Å². The molecule has 3 nitrogen and oxygen atoms in total. The molecule has 14 heavy (non-hydrogen) atoms. The predicted molar refractivity (Wildman–Crippen MR) is 57.8 cm³/mol. The zero-order valence-corrected chi connectivity index (χ0v) is 9.39. The second-order valence-corrected chi connectivity index (χ2v) is 4.14. The molecule has 0 N–H and O–H groups in total. The van der Waals surface area contributed by atoms with Gasteiger partial charge in [-0.2, -0.15) is 0 Å². The zero-order valence-electron chi connectivity index (χ0n) is 7.82. The quantitative estimate of drug-likeness (QED) is 0.741. The Hall–Kier alpha value is -0.710. The monoisotopic (exact) mass is 228 g/mol. The maximum absolute atomic E-state index is 6.00. The molecule has 2 rings (SSSR count). The molecule has 0 radical (unpaired) electrons. The molecule has 0 saturated heterocycles. The largest absolute Gasteiger partial charge is 0.374 e. The highest BCUT2D eigenvalue weighted by Gasteiger charge is 2.11. The van der Waals surface area contributed by atoms with E-state index in [1.54, 1.807) is 18.4 Å². The summed E-state index contributed by atoms with van der Waals surface area (Å²) in [4.78, 5) is 9.45. The average Bonchev–Trinajstić information content (AvgIpc) is 2.64. The number of aromatic nitrogens is 2. The minimum Gasteiger partial charge on any atom is -0.374 e. The van der Waals surface area contributed by atoms with Crippen LogP contribution in [0.25, 0.3) is 10.2 Å². The Kier molecular flexibility index (Phi) is 2.67. The number of halogens is 1. The molecule has 1 atom stereocenters. The fourth-order valence-corrected chi connectivity index (χ4v) is 2.19. The van der Waals surface area contributed by atoms with Gasteiger partial charge in [0.05, 0.1) is 0 Å². The normalized spacial score (nSPS) is 13.4. The molecule has 2 aromatic rings. The van der Waals surface area contributed by atoms with Crippen molar-refractivity contribution in [1.82, 2.24) is 9.97 Å². The van der Waals surface area contributed by atoms with Crippen LogP contribution in [-0.4, -0.2) is 17.1 Å². The van der Waals surface area contributed by atoms with E-state index >= 15 is 0 Å². The fraction of sp³-hybridized carbons (Fsp3) is 0.333. The van der Waals surface area contributed by atoms with Gasteiger partial charge in [0.1, 0.15) is 16.1 Å². The van der Waals surface area contributed by atoms with Crippen molar-refractivity contribution in [2.75, 3.05) is 7.11 Å². The molecule has 0 aliphatic heterocycles. The lowest BCUT2D eigenvalue weighted by Gasteiger charge is -2.07. The van der Waals surface area contributed by atoms with E-state index in [1.807, 2.05) is 18.4 Å². The topological polar surface area (TPSA) is 35.0 Å². The SMILES string of the molecule is COC(C)c1nc(Cl)c2ccsc2n1. The van der Waals surface area contributed by atoms with Crippen LogP contribution in [0.15, 0.2) is 11.4 Å². The van der Waals surface area contributed by atoms with Crippen molar-refractivity contribution in [1.29, 1.82) is 0 Å². The molecule has 0 fully saturated rings. The Balaban J connectivity index is 2.58. The molecule has 1 unspecified atom stereocenters. The van der Waals surface area contributed by atoms with Crippen molar-refractivity contribution < 1.29 is 4.74 Å². The van der Waals surface area contributed by atoms with Gasteiger partial charge < -0.3 is 4.74 Å². The molecule has 0 saturated carbocycles. The summed E-state index contributed by atoms with van der Waals surface area (Å²) in [5, 5.41) is 3.35. The maximum atomic E-state index is 6.00. The molecule has 0 amide bonds. The van der Waals surface area contributed by atoms with Crippen LogP contribution in [0.2, 0.25) is 5.15 Å². The summed E-state index contributed by atoms with van der Waals surface area (Å²) in [6.45, 7) is 1.89. The Labute approximate surface area is 90.7 Å². The van der Waals surface area contributed by atoms with Crippen LogP contribution in [0.1, 0.15) is 18.9 Å². The number of ether oxygens (including phenoxy) is 1. The first kappa shape index (κ1) is 9.83. The molecular formula is C9H9ClN2OS. The number of rotatable bonds is 2. The molecule has 5 heteroatoms. The molecular weight excluding hydrogens is 220 g/mol. The smallest absolute Gasteiger partial charge is 0.160 e. The highest BCUT2D eigenvalue weighted by molar-refractivity contribution is 7.16. The lowest BCUT2D eigenvalue weighted by atomic mass is 10.3. The van der Waals surface area contributed by atoms with Gasteiger partial charge in [-0.25, -0.2) is 9.97 Å². The van der Waals surface area contributed by atoms with Gasteiger partial charge in [-0.3, -0.25) is 0 Å². The van der Waals surface area contributed by atoms with Crippen molar-refractivity contribution >= 4 is 33.2 Å². The van der Waals surface area contributed by atoms with E-state index in [2.05, 4.69) is 9.97 Å². The highest BCUT2D eigenvalue weighted by atomic mass is 35.5. The van der Waals surface area contributed by atoms with E-state index in [9.17, 15) is 0 Å². The standard InChI is InChI=1S/C9H9ClN2OS/c1-5(13-2)8-11-7(10)6-3-4-14-9(6)12-8/h3-5H,1-2H3. The Morgan fingerprint density at radius 2 is 2.29 bits per heavy atom. The van der Waals surface area contributed by atoms with Crippen LogP contribution in [0.5, 0.6) is 0 Å². The molecule has 0 bridgehead atoms. The highest BCUT2D eigenvalue weighted by Crippen LogP contribution is 2.26. The maximum Gasteiger partial charge on any atom is 0.160 e. The lowest BCUT2D eigenvalue weighted by Crippen LogP contribution is -2.02. The van der Waals surface area contributed by atoms with Gasteiger partial charge in [-0.1, -0.05) is 11.6 Å². The van der Waals surface area contributed by atoms with Crippen LogP contribution in [0.4, 0.5) is 0 Å². The van der Waals surface area contributed by atoms with Gasteiger partial charge in [-0.15, -0.1) is 11.3 Å². The van der Waals surface area contributed by atoms with Crippen LogP contribution < -0.4 is 0 Å². The van der Waals surface area contributed by atoms with Gasteiger partial charge >= 0.3 is 0 Å². The van der Waals surface area contributed by atoms with Crippen LogP contribution in [-0.2, 0) is 4.74 Å². The summed E-state index contributed by atoms with van der Waals surface area (Å²) in [5.74, 6) is 0.632. The van der Waals surface area contributed by atoms with Gasteiger partial charge in [0.25, 0.3) is 0 Å². The Bertz CT molecular complexity index is 457. The predicted octanol–water partition coefficient (Wildman–Crippen LogP) is 3.05. The summed E-state index contributed by atoms with van der Waals surface area (Å²) in [5.41, 5.74) is 0. The summed E-state index contributed by atoms with van der Waals surface area (Å²) >= 11 is 7.56.